The Labute approximate surface area is 167 Å². The Kier molecular flexibility index (Phi) is 6.34. The van der Waals surface area contributed by atoms with Crippen LogP contribution >= 0.6 is 0 Å². The molecular weight excluding hydrogens is 348 g/mol. The van der Waals surface area contributed by atoms with Crippen LogP contribution in [0, 0.1) is 5.92 Å². The summed E-state index contributed by atoms with van der Waals surface area (Å²) >= 11 is 0. The maximum Gasteiger partial charge on any atom is 0.234 e. The highest BCUT2D eigenvalue weighted by Gasteiger charge is 2.35. The molecule has 5 nitrogen and oxygen atoms in total. The van der Waals surface area contributed by atoms with Crippen molar-refractivity contribution in [3.63, 3.8) is 0 Å². The summed E-state index contributed by atoms with van der Waals surface area (Å²) in [4.78, 5) is 21.9. The molecule has 0 aliphatic carbocycles. The van der Waals surface area contributed by atoms with Crippen LogP contribution in [0.2, 0.25) is 0 Å². The normalized spacial score (nSPS) is 22.7. The fourth-order valence-electron chi connectivity index (χ4n) is 4.55. The van der Waals surface area contributed by atoms with E-state index in [1.807, 2.05) is 30.5 Å². The van der Waals surface area contributed by atoms with Gasteiger partial charge in [-0.2, -0.15) is 0 Å². The molecule has 2 atom stereocenters. The van der Waals surface area contributed by atoms with Crippen LogP contribution in [0.1, 0.15) is 24.1 Å². The van der Waals surface area contributed by atoms with Gasteiger partial charge in [0.2, 0.25) is 5.91 Å². The summed E-state index contributed by atoms with van der Waals surface area (Å²) in [5.74, 6) is 0.805. The highest BCUT2D eigenvalue weighted by atomic mass is 16.2. The van der Waals surface area contributed by atoms with Crippen LogP contribution in [0.5, 0.6) is 0 Å². The summed E-state index contributed by atoms with van der Waals surface area (Å²) in [6.07, 6.45) is 5.22. The van der Waals surface area contributed by atoms with Crippen LogP contribution in [-0.4, -0.2) is 59.5 Å². The first-order valence-electron chi connectivity index (χ1n) is 10.4. The van der Waals surface area contributed by atoms with Crippen molar-refractivity contribution in [2.75, 3.05) is 32.7 Å². The van der Waals surface area contributed by atoms with E-state index in [-0.39, 0.29) is 5.91 Å². The van der Waals surface area contributed by atoms with Crippen molar-refractivity contribution >= 4 is 5.91 Å². The Morgan fingerprint density at radius 3 is 2.71 bits per heavy atom. The number of fused-ring (bicyclic) bond motifs is 4. The summed E-state index contributed by atoms with van der Waals surface area (Å²) in [6.45, 7) is 5.31. The van der Waals surface area contributed by atoms with Crippen molar-refractivity contribution in [1.82, 2.24) is 20.1 Å². The first-order chi connectivity index (χ1) is 13.8. The molecule has 4 heterocycles. The number of aromatic nitrogens is 1. The Morgan fingerprint density at radius 2 is 1.89 bits per heavy atom. The second-order valence-corrected chi connectivity index (χ2v) is 8.13. The summed E-state index contributed by atoms with van der Waals surface area (Å²) in [5, 5.41) is 3.11. The first kappa shape index (κ1) is 19.1. The third-order valence-electron chi connectivity index (χ3n) is 5.94. The highest BCUT2D eigenvalue weighted by molar-refractivity contribution is 5.78. The molecule has 3 aliphatic rings. The number of hydrogen-bond acceptors (Lipinski definition) is 4. The van der Waals surface area contributed by atoms with Crippen LogP contribution < -0.4 is 5.32 Å². The molecule has 0 spiro atoms. The van der Waals surface area contributed by atoms with E-state index in [0.717, 1.165) is 38.3 Å². The van der Waals surface area contributed by atoms with Crippen molar-refractivity contribution in [3.8, 4) is 0 Å². The lowest BCUT2D eigenvalue weighted by Gasteiger charge is -2.35. The summed E-state index contributed by atoms with van der Waals surface area (Å²) in [6, 6.07) is 16.9. The van der Waals surface area contributed by atoms with Gasteiger partial charge in [-0.3, -0.25) is 19.6 Å². The lowest BCUT2D eigenvalue weighted by atomic mass is 9.95. The SMILES string of the molecule is O=C(CN1C[C@H]2CC[C@@H]1CN(Cc1ccccn1)C2)NCCc1ccccc1. The van der Waals surface area contributed by atoms with Crippen LogP contribution in [-0.2, 0) is 17.8 Å². The molecule has 2 aromatic rings. The molecule has 2 bridgehead atoms. The number of nitrogens with one attached hydrogen (secondary N) is 1. The van der Waals surface area contributed by atoms with Crippen molar-refractivity contribution in [2.45, 2.75) is 31.8 Å². The molecule has 1 aromatic carbocycles. The predicted molar refractivity (Wildman–Crippen MR) is 111 cm³/mol. The van der Waals surface area contributed by atoms with E-state index in [1.54, 1.807) is 0 Å². The molecule has 3 aliphatic heterocycles. The van der Waals surface area contributed by atoms with Gasteiger partial charge in [0.25, 0.3) is 0 Å². The van der Waals surface area contributed by atoms with Crippen molar-refractivity contribution in [2.24, 2.45) is 5.92 Å². The quantitative estimate of drug-likeness (QED) is 0.803. The maximum atomic E-state index is 12.5. The van der Waals surface area contributed by atoms with E-state index in [1.165, 1.54) is 18.4 Å². The topological polar surface area (TPSA) is 48.5 Å². The average molecular weight is 379 g/mol. The molecule has 0 radical (unpaired) electrons. The van der Waals surface area contributed by atoms with E-state index in [4.69, 9.17) is 0 Å². The minimum Gasteiger partial charge on any atom is -0.355 e. The molecule has 5 rings (SSSR count). The van der Waals surface area contributed by atoms with Gasteiger partial charge in [0.05, 0.1) is 12.2 Å². The van der Waals surface area contributed by atoms with Gasteiger partial charge in [-0.1, -0.05) is 36.4 Å². The highest BCUT2D eigenvalue weighted by Crippen LogP contribution is 2.28. The second-order valence-electron chi connectivity index (χ2n) is 8.13. The zero-order valence-electron chi connectivity index (χ0n) is 16.5. The van der Waals surface area contributed by atoms with E-state index in [0.29, 0.717) is 25.0 Å². The zero-order valence-corrected chi connectivity index (χ0v) is 16.5. The van der Waals surface area contributed by atoms with Crippen molar-refractivity contribution < 1.29 is 4.79 Å². The van der Waals surface area contributed by atoms with Gasteiger partial charge in [-0.25, -0.2) is 0 Å². The average Bonchev–Trinajstić information content (AvgIpc) is 3.00. The number of pyridine rings is 1. The van der Waals surface area contributed by atoms with Crippen molar-refractivity contribution in [3.05, 3.63) is 66.0 Å². The second kappa shape index (κ2) is 9.30. The van der Waals surface area contributed by atoms with Crippen LogP contribution in [0.15, 0.2) is 54.7 Å². The van der Waals surface area contributed by atoms with Gasteiger partial charge in [-0.15, -0.1) is 0 Å². The summed E-state index contributed by atoms with van der Waals surface area (Å²) < 4.78 is 0. The molecule has 3 saturated heterocycles. The van der Waals surface area contributed by atoms with Gasteiger partial charge in [0.15, 0.2) is 0 Å². The monoisotopic (exact) mass is 378 g/mol. The number of piperidine rings is 1. The van der Waals surface area contributed by atoms with Gasteiger partial charge in [0, 0.05) is 45.0 Å². The van der Waals surface area contributed by atoms with E-state index >= 15 is 0 Å². The fourth-order valence-corrected chi connectivity index (χ4v) is 4.55. The van der Waals surface area contributed by atoms with Gasteiger partial charge < -0.3 is 5.32 Å². The third kappa shape index (κ3) is 5.18. The fraction of sp³-hybridized carbons (Fsp3) is 0.478. The molecule has 5 heteroatoms. The molecule has 28 heavy (non-hydrogen) atoms. The van der Waals surface area contributed by atoms with Gasteiger partial charge in [-0.05, 0) is 42.9 Å². The largest absolute Gasteiger partial charge is 0.355 e. The standard InChI is InChI=1S/C23H30N4O/c28-23(25-13-11-19-6-2-1-3-7-19)18-27-15-20-9-10-22(27)17-26(14-20)16-21-8-4-5-12-24-21/h1-8,12,20,22H,9-11,13-18H2,(H,25,28)/t20-,22+/m0/s1. The third-order valence-corrected chi connectivity index (χ3v) is 5.94. The van der Waals surface area contributed by atoms with Crippen LogP contribution in [0.3, 0.4) is 0 Å². The number of nitrogens with zero attached hydrogens (tertiary/aromatic N) is 3. The van der Waals surface area contributed by atoms with Gasteiger partial charge in [0.1, 0.15) is 0 Å². The molecule has 0 saturated carbocycles. The molecule has 1 N–H and O–H groups in total. The Bertz CT molecular complexity index is 752. The van der Waals surface area contributed by atoms with E-state index in [9.17, 15) is 4.79 Å². The van der Waals surface area contributed by atoms with Crippen molar-refractivity contribution in [1.29, 1.82) is 0 Å². The molecule has 1 aromatic heterocycles. The number of hydrogen-bond donors (Lipinski definition) is 1. The minimum atomic E-state index is 0.153. The molecular formula is C23H30N4O. The lowest BCUT2D eigenvalue weighted by molar-refractivity contribution is -0.123. The minimum absolute atomic E-state index is 0.153. The number of carbonyl (C=O) groups excluding carboxylic acids is 1. The number of carbonyl (C=O) groups is 1. The Balaban J connectivity index is 1.26. The van der Waals surface area contributed by atoms with E-state index in [2.05, 4.69) is 44.4 Å². The van der Waals surface area contributed by atoms with Crippen LogP contribution in [0.4, 0.5) is 0 Å². The molecule has 148 valence electrons. The Morgan fingerprint density at radius 1 is 1.04 bits per heavy atom. The van der Waals surface area contributed by atoms with Gasteiger partial charge >= 0.3 is 0 Å². The molecule has 0 unspecified atom stereocenters. The molecule has 1 amide bonds. The maximum absolute atomic E-state index is 12.5. The molecule has 3 fully saturated rings. The number of amides is 1. The number of benzene rings is 1. The van der Waals surface area contributed by atoms with E-state index < -0.39 is 0 Å². The zero-order chi connectivity index (χ0) is 19.2. The smallest absolute Gasteiger partial charge is 0.234 e. The summed E-state index contributed by atoms with van der Waals surface area (Å²) in [7, 11) is 0. The number of rotatable bonds is 7. The summed E-state index contributed by atoms with van der Waals surface area (Å²) in [5.41, 5.74) is 2.40. The van der Waals surface area contributed by atoms with Crippen LogP contribution in [0.25, 0.3) is 0 Å². The Hall–Kier alpha value is -2.24. The first-order valence-corrected chi connectivity index (χ1v) is 10.4. The lowest BCUT2D eigenvalue weighted by Crippen LogP contribution is -2.48. The predicted octanol–water partition coefficient (Wildman–Crippen LogP) is 2.34.